The van der Waals surface area contributed by atoms with E-state index in [2.05, 4.69) is 16.0 Å². The van der Waals surface area contributed by atoms with Crippen LogP contribution >= 0.6 is 23.4 Å². The van der Waals surface area contributed by atoms with Crippen LogP contribution in [0.1, 0.15) is 28.4 Å². The fourth-order valence-electron chi connectivity index (χ4n) is 4.17. The molecule has 1 unspecified atom stereocenters. The second kappa shape index (κ2) is 15.6. The molecular formula is C34H29ClF3N3O5S. The molecule has 0 bridgehead atoms. The highest BCUT2D eigenvalue weighted by atomic mass is 35.5. The first-order valence-electron chi connectivity index (χ1n) is 13.9. The first-order valence-corrected chi connectivity index (χ1v) is 15.2. The van der Waals surface area contributed by atoms with Crippen molar-refractivity contribution in [3.8, 4) is 11.5 Å². The first-order chi connectivity index (χ1) is 22.4. The van der Waals surface area contributed by atoms with Gasteiger partial charge in [0.15, 0.2) is 0 Å². The van der Waals surface area contributed by atoms with E-state index >= 15 is 0 Å². The number of thioether (sulfide) groups is 1. The number of hydrogen-bond donors (Lipinski definition) is 3. The molecule has 13 heteroatoms. The van der Waals surface area contributed by atoms with Crippen molar-refractivity contribution in [1.82, 2.24) is 5.32 Å². The van der Waals surface area contributed by atoms with Gasteiger partial charge in [-0.2, -0.15) is 13.2 Å². The summed E-state index contributed by atoms with van der Waals surface area (Å²) in [6.45, 7) is 1.58. The van der Waals surface area contributed by atoms with Crippen LogP contribution in [0.5, 0.6) is 11.5 Å². The Bertz CT molecular complexity index is 1800. The van der Waals surface area contributed by atoms with Gasteiger partial charge in [0.05, 0.1) is 35.7 Å². The second-order valence-corrected chi connectivity index (χ2v) is 11.7. The highest BCUT2D eigenvalue weighted by molar-refractivity contribution is 8.00. The Morgan fingerprint density at radius 1 is 0.872 bits per heavy atom. The molecule has 244 valence electrons. The van der Waals surface area contributed by atoms with Gasteiger partial charge >= 0.3 is 6.18 Å². The SMILES string of the molecule is COc1ccc(/C=C(/NC(=O)c2ccccc2)C(=O)Nc2cccc(SC(C)C(=O)Nc3cc(C(F)(F)F)ccc3Cl)c2)c(OC)c1. The van der Waals surface area contributed by atoms with E-state index in [9.17, 15) is 27.6 Å². The zero-order valence-corrected chi connectivity index (χ0v) is 26.8. The van der Waals surface area contributed by atoms with Crippen molar-refractivity contribution in [3.63, 3.8) is 0 Å². The van der Waals surface area contributed by atoms with Gasteiger partial charge in [0.25, 0.3) is 11.8 Å². The average molecular weight is 684 g/mol. The van der Waals surface area contributed by atoms with Crippen molar-refractivity contribution in [1.29, 1.82) is 0 Å². The number of nitrogens with one attached hydrogen (secondary N) is 3. The van der Waals surface area contributed by atoms with Crippen LogP contribution in [0.3, 0.4) is 0 Å². The highest BCUT2D eigenvalue weighted by Crippen LogP contribution is 2.35. The predicted octanol–water partition coefficient (Wildman–Crippen LogP) is 7.90. The van der Waals surface area contributed by atoms with Gasteiger partial charge in [-0.25, -0.2) is 0 Å². The van der Waals surface area contributed by atoms with Gasteiger partial charge in [-0.15, -0.1) is 11.8 Å². The zero-order valence-electron chi connectivity index (χ0n) is 25.3. The molecule has 4 aromatic carbocycles. The maximum Gasteiger partial charge on any atom is 0.416 e. The number of carbonyl (C=O) groups is 3. The fourth-order valence-corrected chi connectivity index (χ4v) is 5.26. The van der Waals surface area contributed by atoms with E-state index in [1.54, 1.807) is 79.7 Å². The Morgan fingerprint density at radius 2 is 1.62 bits per heavy atom. The molecule has 3 amide bonds. The largest absolute Gasteiger partial charge is 0.497 e. The van der Waals surface area contributed by atoms with Crippen LogP contribution in [0.15, 0.2) is 102 Å². The maximum atomic E-state index is 13.6. The van der Waals surface area contributed by atoms with E-state index in [0.717, 1.165) is 30.0 Å². The number of benzene rings is 4. The number of alkyl halides is 3. The molecule has 0 aliphatic heterocycles. The Labute approximate surface area is 278 Å². The highest BCUT2D eigenvalue weighted by Gasteiger charge is 2.31. The second-order valence-electron chi connectivity index (χ2n) is 9.91. The van der Waals surface area contributed by atoms with E-state index in [1.165, 1.54) is 20.3 Å². The number of carbonyl (C=O) groups excluding carboxylic acids is 3. The summed E-state index contributed by atoms with van der Waals surface area (Å²) in [7, 11) is 2.97. The molecule has 0 aromatic heterocycles. The third-order valence-electron chi connectivity index (χ3n) is 6.59. The van der Waals surface area contributed by atoms with Gasteiger partial charge in [0.1, 0.15) is 17.2 Å². The standard InChI is InChI=1S/C34H29ClF3N3O5S/c1-20(31(42)40-28-17-23(34(36,37)38)13-15-27(28)35)47-26-11-7-10-24(18-26)39-33(44)29(41-32(43)21-8-5-4-6-9-21)16-22-12-14-25(45-2)19-30(22)46-3/h4-20H,1-3H3,(H,39,44)(H,40,42)(H,41,43)/b29-16+. The molecule has 0 saturated carbocycles. The molecule has 0 saturated heterocycles. The van der Waals surface area contributed by atoms with Crippen molar-refractivity contribution in [2.45, 2.75) is 23.2 Å². The molecule has 47 heavy (non-hydrogen) atoms. The van der Waals surface area contributed by atoms with Crippen LogP contribution < -0.4 is 25.4 Å². The number of amides is 3. The lowest BCUT2D eigenvalue weighted by molar-refractivity contribution is -0.137. The van der Waals surface area contributed by atoms with E-state index in [0.29, 0.717) is 33.2 Å². The Morgan fingerprint density at radius 3 is 2.30 bits per heavy atom. The number of anilines is 2. The molecule has 4 aromatic rings. The summed E-state index contributed by atoms with van der Waals surface area (Å²) >= 11 is 7.14. The fraction of sp³-hybridized carbons (Fsp3) is 0.147. The molecule has 3 N–H and O–H groups in total. The number of hydrogen-bond acceptors (Lipinski definition) is 6. The third kappa shape index (κ3) is 9.53. The molecule has 0 radical (unpaired) electrons. The smallest absolute Gasteiger partial charge is 0.416 e. The van der Waals surface area contributed by atoms with Gasteiger partial charge in [-0.1, -0.05) is 35.9 Å². The molecule has 8 nitrogen and oxygen atoms in total. The van der Waals surface area contributed by atoms with Crippen molar-refractivity contribution in [2.75, 3.05) is 24.9 Å². The van der Waals surface area contributed by atoms with Gasteiger partial charge in [-0.05, 0) is 73.7 Å². The van der Waals surface area contributed by atoms with Crippen molar-refractivity contribution in [3.05, 3.63) is 118 Å². The Balaban J connectivity index is 1.52. The number of methoxy groups -OCH3 is 2. The molecule has 0 aliphatic carbocycles. The number of halogens is 4. The summed E-state index contributed by atoms with van der Waals surface area (Å²) in [6, 6.07) is 22.7. The van der Waals surface area contributed by atoms with E-state index in [4.69, 9.17) is 21.1 Å². The number of rotatable bonds is 11. The van der Waals surface area contributed by atoms with Crippen molar-refractivity contribution < 1.29 is 37.0 Å². The lowest BCUT2D eigenvalue weighted by Gasteiger charge is -2.16. The van der Waals surface area contributed by atoms with Crippen LogP contribution in [0.25, 0.3) is 6.08 Å². The summed E-state index contributed by atoms with van der Waals surface area (Å²) in [6.07, 6.45) is -3.13. The summed E-state index contributed by atoms with van der Waals surface area (Å²) in [4.78, 5) is 40.0. The lowest BCUT2D eigenvalue weighted by Crippen LogP contribution is -2.30. The van der Waals surface area contributed by atoms with E-state index in [-0.39, 0.29) is 16.4 Å². The molecule has 0 heterocycles. The topological polar surface area (TPSA) is 106 Å². The van der Waals surface area contributed by atoms with Crippen LogP contribution in [-0.2, 0) is 15.8 Å². The Kier molecular flexibility index (Phi) is 11.6. The minimum absolute atomic E-state index is 0.0382. The van der Waals surface area contributed by atoms with Crippen molar-refractivity contribution >= 4 is 58.5 Å². The molecular weight excluding hydrogens is 655 g/mol. The quantitative estimate of drug-likeness (QED) is 0.110. The minimum Gasteiger partial charge on any atom is -0.497 e. The summed E-state index contributed by atoms with van der Waals surface area (Å²) in [5.74, 6) is -0.786. The molecule has 0 fully saturated rings. The van der Waals surface area contributed by atoms with E-state index < -0.39 is 34.7 Å². The van der Waals surface area contributed by atoms with Gasteiger partial charge in [-0.3, -0.25) is 14.4 Å². The van der Waals surface area contributed by atoms with Gasteiger partial charge in [0, 0.05) is 27.8 Å². The van der Waals surface area contributed by atoms with Crippen LogP contribution in [0.2, 0.25) is 5.02 Å². The summed E-state index contributed by atoms with van der Waals surface area (Å²) in [5.41, 5.74) is 0.00746. The van der Waals surface area contributed by atoms with Crippen LogP contribution in [-0.4, -0.2) is 37.2 Å². The molecule has 0 aliphatic rings. The summed E-state index contributed by atoms with van der Waals surface area (Å²) in [5, 5.41) is 7.09. The average Bonchev–Trinajstić information content (AvgIpc) is 3.05. The monoisotopic (exact) mass is 683 g/mol. The molecule has 1 atom stereocenters. The Hall–Kier alpha value is -4.94. The zero-order chi connectivity index (χ0) is 34.1. The van der Waals surface area contributed by atoms with E-state index in [1.807, 2.05) is 0 Å². The van der Waals surface area contributed by atoms with Gasteiger partial charge in [0.2, 0.25) is 5.91 Å². The first kappa shape index (κ1) is 34.9. The third-order valence-corrected chi connectivity index (χ3v) is 8.02. The number of ether oxygens (including phenoxy) is 2. The lowest BCUT2D eigenvalue weighted by atomic mass is 10.1. The van der Waals surface area contributed by atoms with Crippen molar-refractivity contribution in [2.24, 2.45) is 0 Å². The van der Waals surface area contributed by atoms with Crippen LogP contribution in [0.4, 0.5) is 24.5 Å². The molecule has 0 spiro atoms. The normalized spacial score (nSPS) is 12.1. The minimum atomic E-state index is -4.60. The van der Waals surface area contributed by atoms with Gasteiger partial charge < -0.3 is 25.4 Å². The van der Waals surface area contributed by atoms with Crippen LogP contribution in [0, 0.1) is 0 Å². The molecule has 4 rings (SSSR count). The summed E-state index contributed by atoms with van der Waals surface area (Å²) < 4.78 is 50.1. The maximum absolute atomic E-state index is 13.6. The predicted molar refractivity (Wildman–Crippen MR) is 177 cm³/mol.